The summed E-state index contributed by atoms with van der Waals surface area (Å²) in [5.41, 5.74) is 2.28. The number of carbonyl (C=O) groups excluding carboxylic acids is 1. The van der Waals surface area contributed by atoms with E-state index in [1.165, 1.54) is 30.1 Å². The smallest absolute Gasteiger partial charge is 0.265 e. The van der Waals surface area contributed by atoms with Crippen LogP contribution in [0.5, 0.6) is 5.75 Å². The van der Waals surface area contributed by atoms with E-state index in [2.05, 4.69) is 24.4 Å². The Bertz CT molecular complexity index is 902. The lowest BCUT2D eigenvalue weighted by Crippen LogP contribution is -2.26. The lowest BCUT2D eigenvalue weighted by atomic mass is 10.0. The molecule has 0 unspecified atom stereocenters. The molecule has 25 heavy (non-hydrogen) atoms. The van der Waals surface area contributed by atoms with Crippen LogP contribution in [0.4, 0.5) is 4.39 Å². The zero-order chi connectivity index (χ0) is 18.0. The molecule has 2 aromatic carbocycles. The fourth-order valence-electron chi connectivity index (χ4n) is 2.81. The van der Waals surface area contributed by atoms with Crippen molar-refractivity contribution in [2.75, 3.05) is 7.11 Å². The van der Waals surface area contributed by atoms with Gasteiger partial charge in [-0.15, -0.1) is 11.3 Å². The van der Waals surface area contributed by atoms with E-state index in [9.17, 15) is 9.18 Å². The summed E-state index contributed by atoms with van der Waals surface area (Å²) in [5, 5.41) is 3.34. The van der Waals surface area contributed by atoms with Gasteiger partial charge in [0.05, 0.1) is 18.5 Å². The molecule has 3 aromatic rings. The summed E-state index contributed by atoms with van der Waals surface area (Å²) in [4.78, 5) is 13.1. The van der Waals surface area contributed by atoms with Crippen molar-refractivity contribution in [1.82, 2.24) is 5.32 Å². The van der Waals surface area contributed by atoms with Gasteiger partial charge in [-0.05, 0) is 36.6 Å². The first-order valence-corrected chi connectivity index (χ1v) is 9.01. The molecule has 5 heteroatoms. The van der Waals surface area contributed by atoms with E-state index in [0.717, 1.165) is 12.0 Å². The maximum absolute atomic E-state index is 14.1. The zero-order valence-electron chi connectivity index (χ0n) is 14.4. The van der Waals surface area contributed by atoms with Crippen molar-refractivity contribution in [1.29, 1.82) is 0 Å². The highest BCUT2D eigenvalue weighted by Gasteiger charge is 2.22. The predicted molar refractivity (Wildman–Crippen MR) is 100 cm³/mol. The Balaban J connectivity index is 1.87. The fraction of sp³-hybridized carbons (Fsp3) is 0.250. The number of benzene rings is 2. The molecule has 0 saturated carbocycles. The Morgan fingerprint density at radius 3 is 2.60 bits per heavy atom. The minimum atomic E-state index is -0.382. The summed E-state index contributed by atoms with van der Waals surface area (Å²) in [6.07, 6.45) is 0.978. The standard InChI is InChI=1S/C20H20FNO2S/c1-4-13-8-10-14(11-9-13)12(2)22-20(23)19-18(24-3)17-15(21)6-5-7-16(17)25-19/h5-12H,4H2,1-3H3,(H,22,23)/t12-/m1/s1. The molecule has 0 aliphatic heterocycles. The molecule has 0 saturated heterocycles. The van der Waals surface area contributed by atoms with Gasteiger partial charge in [-0.3, -0.25) is 4.79 Å². The van der Waals surface area contributed by atoms with Gasteiger partial charge in [0.25, 0.3) is 5.91 Å². The number of fused-ring (bicyclic) bond motifs is 1. The minimum absolute atomic E-state index is 0.154. The number of rotatable bonds is 5. The second-order valence-corrected chi connectivity index (χ2v) is 6.92. The van der Waals surface area contributed by atoms with E-state index in [4.69, 9.17) is 4.74 Å². The number of thiophene rings is 1. The van der Waals surface area contributed by atoms with E-state index in [-0.39, 0.29) is 17.8 Å². The van der Waals surface area contributed by atoms with Gasteiger partial charge < -0.3 is 10.1 Å². The average Bonchev–Trinajstić information content (AvgIpc) is 3.02. The second kappa shape index (κ2) is 7.23. The number of amides is 1. The van der Waals surface area contributed by atoms with Crippen LogP contribution >= 0.6 is 11.3 Å². The van der Waals surface area contributed by atoms with Gasteiger partial charge in [-0.2, -0.15) is 0 Å². The topological polar surface area (TPSA) is 38.3 Å². The molecule has 1 N–H and O–H groups in total. The lowest BCUT2D eigenvalue weighted by Gasteiger charge is -2.14. The Kier molecular flexibility index (Phi) is 5.04. The van der Waals surface area contributed by atoms with Crippen LogP contribution in [0.25, 0.3) is 10.1 Å². The molecule has 3 rings (SSSR count). The van der Waals surface area contributed by atoms with Crippen molar-refractivity contribution in [3.8, 4) is 5.75 Å². The van der Waals surface area contributed by atoms with E-state index in [1.807, 2.05) is 19.1 Å². The summed E-state index contributed by atoms with van der Waals surface area (Å²) >= 11 is 1.24. The van der Waals surface area contributed by atoms with Crippen LogP contribution in [0, 0.1) is 5.82 Å². The number of nitrogens with one attached hydrogen (secondary N) is 1. The summed E-state index contributed by atoms with van der Waals surface area (Å²) in [7, 11) is 1.46. The van der Waals surface area contributed by atoms with Gasteiger partial charge >= 0.3 is 0 Å². The number of hydrogen-bond acceptors (Lipinski definition) is 3. The highest BCUT2D eigenvalue weighted by Crippen LogP contribution is 2.39. The third-order valence-corrected chi connectivity index (χ3v) is 5.40. The molecule has 0 aliphatic carbocycles. The van der Waals surface area contributed by atoms with Gasteiger partial charge in [-0.25, -0.2) is 4.39 Å². The molecule has 1 atom stereocenters. The first-order valence-electron chi connectivity index (χ1n) is 8.19. The maximum Gasteiger partial charge on any atom is 0.265 e. The summed E-state index contributed by atoms with van der Waals surface area (Å²) in [5.74, 6) is -0.346. The zero-order valence-corrected chi connectivity index (χ0v) is 15.2. The number of ether oxygens (including phenoxy) is 1. The SMILES string of the molecule is CCc1ccc([C@@H](C)NC(=O)c2sc3cccc(F)c3c2OC)cc1. The van der Waals surface area contributed by atoms with Gasteiger partial charge in [0.15, 0.2) is 5.75 Å². The third kappa shape index (κ3) is 3.37. The van der Waals surface area contributed by atoms with E-state index < -0.39 is 0 Å². The highest BCUT2D eigenvalue weighted by atomic mass is 32.1. The first-order chi connectivity index (χ1) is 12.0. The maximum atomic E-state index is 14.1. The normalized spacial score (nSPS) is 12.2. The van der Waals surface area contributed by atoms with Crippen molar-refractivity contribution < 1.29 is 13.9 Å². The van der Waals surface area contributed by atoms with Crippen molar-refractivity contribution in [3.05, 3.63) is 64.3 Å². The molecular formula is C20H20FNO2S. The summed E-state index contributed by atoms with van der Waals surface area (Å²) < 4.78 is 20.1. The Hall–Kier alpha value is -2.40. The molecular weight excluding hydrogens is 337 g/mol. The molecule has 0 radical (unpaired) electrons. The van der Waals surface area contributed by atoms with Crippen molar-refractivity contribution >= 4 is 27.3 Å². The van der Waals surface area contributed by atoms with Crippen LogP contribution < -0.4 is 10.1 Å². The quantitative estimate of drug-likeness (QED) is 0.690. The largest absolute Gasteiger partial charge is 0.494 e. The average molecular weight is 357 g/mol. The number of halogens is 1. The number of methoxy groups -OCH3 is 1. The molecule has 1 amide bonds. The fourth-order valence-corrected chi connectivity index (χ4v) is 3.90. The van der Waals surface area contributed by atoms with Crippen molar-refractivity contribution in [2.24, 2.45) is 0 Å². The number of aryl methyl sites for hydroxylation is 1. The Morgan fingerprint density at radius 1 is 1.24 bits per heavy atom. The van der Waals surface area contributed by atoms with Crippen LogP contribution in [0.3, 0.4) is 0 Å². The van der Waals surface area contributed by atoms with Crippen LogP contribution in [0.15, 0.2) is 42.5 Å². The predicted octanol–water partition coefficient (Wildman–Crippen LogP) is 5.10. The molecule has 0 spiro atoms. The van der Waals surface area contributed by atoms with Gasteiger partial charge in [0.2, 0.25) is 0 Å². The number of carbonyl (C=O) groups is 1. The molecule has 1 heterocycles. The molecule has 0 fully saturated rings. The van der Waals surface area contributed by atoms with E-state index in [0.29, 0.717) is 20.7 Å². The molecule has 3 nitrogen and oxygen atoms in total. The molecule has 0 bridgehead atoms. The van der Waals surface area contributed by atoms with Crippen molar-refractivity contribution in [3.63, 3.8) is 0 Å². The van der Waals surface area contributed by atoms with Gasteiger partial charge in [-0.1, -0.05) is 37.3 Å². The lowest BCUT2D eigenvalue weighted by molar-refractivity contribution is 0.0941. The molecule has 130 valence electrons. The van der Waals surface area contributed by atoms with Gasteiger partial charge in [0.1, 0.15) is 10.7 Å². The third-order valence-electron chi connectivity index (χ3n) is 4.27. The Morgan fingerprint density at radius 2 is 1.96 bits per heavy atom. The van der Waals surface area contributed by atoms with Crippen LogP contribution in [-0.4, -0.2) is 13.0 Å². The minimum Gasteiger partial charge on any atom is -0.494 e. The van der Waals surface area contributed by atoms with Gasteiger partial charge in [0, 0.05) is 4.70 Å². The van der Waals surface area contributed by atoms with E-state index in [1.54, 1.807) is 12.1 Å². The molecule has 1 aromatic heterocycles. The monoisotopic (exact) mass is 357 g/mol. The Labute approximate surface area is 150 Å². The summed E-state index contributed by atoms with van der Waals surface area (Å²) in [6.45, 7) is 4.03. The van der Waals surface area contributed by atoms with Crippen LogP contribution in [0.2, 0.25) is 0 Å². The van der Waals surface area contributed by atoms with E-state index >= 15 is 0 Å². The van der Waals surface area contributed by atoms with Crippen LogP contribution in [-0.2, 0) is 6.42 Å². The van der Waals surface area contributed by atoms with Crippen LogP contribution in [0.1, 0.15) is 40.7 Å². The second-order valence-electron chi connectivity index (χ2n) is 5.87. The number of hydrogen-bond donors (Lipinski definition) is 1. The van der Waals surface area contributed by atoms with Crippen molar-refractivity contribution in [2.45, 2.75) is 26.3 Å². The first kappa shape index (κ1) is 17.4. The molecule has 0 aliphatic rings. The highest BCUT2D eigenvalue weighted by molar-refractivity contribution is 7.21. The summed E-state index contributed by atoms with van der Waals surface area (Å²) in [6, 6.07) is 12.8.